The molecule has 0 aromatic heterocycles. The van der Waals surface area contributed by atoms with Crippen molar-refractivity contribution in [1.29, 1.82) is 0 Å². The van der Waals surface area contributed by atoms with Gasteiger partial charge >= 0.3 is 0 Å². The van der Waals surface area contributed by atoms with Crippen LogP contribution in [0.4, 0.5) is 0 Å². The molecule has 2 rings (SSSR count). The van der Waals surface area contributed by atoms with Gasteiger partial charge in [0.15, 0.2) is 0 Å². The third-order valence-corrected chi connectivity index (χ3v) is 3.86. The highest BCUT2D eigenvalue weighted by molar-refractivity contribution is 6.30. The van der Waals surface area contributed by atoms with E-state index in [0.29, 0.717) is 5.41 Å². The molecule has 0 unspecified atom stereocenters. The molecule has 88 valence electrons. The van der Waals surface area contributed by atoms with Crippen molar-refractivity contribution in [1.82, 2.24) is 5.32 Å². The van der Waals surface area contributed by atoms with E-state index in [-0.39, 0.29) is 0 Å². The van der Waals surface area contributed by atoms with Crippen molar-refractivity contribution >= 4 is 11.6 Å². The normalized spacial score (nSPS) is 18.1. The van der Waals surface area contributed by atoms with Gasteiger partial charge in [-0.15, -0.1) is 0 Å². The number of hydrogen-bond acceptors (Lipinski definition) is 1. The summed E-state index contributed by atoms with van der Waals surface area (Å²) in [4.78, 5) is 0. The van der Waals surface area contributed by atoms with Crippen molar-refractivity contribution in [3.05, 3.63) is 34.9 Å². The lowest BCUT2D eigenvalue weighted by Crippen LogP contribution is -2.56. The Morgan fingerprint density at radius 3 is 2.69 bits per heavy atom. The van der Waals surface area contributed by atoms with Crippen LogP contribution in [0.25, 0.3) is 0 Å². The van der Waals surface area contributed by atoms with Gasteiger partial charge in [-0.3, -0.25) is 0 Å². The molecule has 0 bridgehead atoms. The SMILES string of the molecule is CCCCCC1(c2cccc(Cl)c2)CNC1. The zero-order valence-corrected chi connectivity index (χ0v) is 10.7. The van der Waals surface area contributed by atoms with Gasteiger partial charge in [0.2, 0.25) is 0 Å². The topological polar surface area (TPSA) is 12.0 Å². The minimum Gasteiger partial charge on any atom is -0.315 e. The van der Waals surface area contributed by atoms with Crippen LogP contribution in [0.15, 0.2) is 24.3 Å². The maximum Gasteiger partial charge on any atom is 0.0408 e. The van der Waals surface area contributed by atoms with Crippen molar-refractivity contribution in [2.24, 2.45) is 0 Å². The summed E-state index contributed by atoms with van der Waals surface area (Å²) in [5, 5.41) is 4.26. The Morgan fingerprint density at radius 2 is 2.12 bits per heavy atom. The molecule has 1 fully saturated rings. The molecular weight excluding hydrogens is 218 g/mol. The van der Waals surface area contributed by atoms with Gasteiger partial charge in [-0.25, -0.2) is 0 Å². The lowest BCUT2D eigenvalue weighted by Gasteiger charge is -2.43. The number of halogens is 1. The number of benzene rings is 1. The van der Waals surface area contributed by atoms with Crippen LogP contribution in [0.1, 0.15) is 38.2 Å². The fraction of sp³-hybridized carbons (Fsp3) is 0.571. The van der Waals surface area contributed by atoms with Gasteiger partial charge in [0.25, 0.3) is 0 Å². The van der Waals surface area contributed by atoms with E-state index in [2.05, 4.69) is 30.4 Å². The minimum absolute atomic E-state index is 0.361. The Labute approximate surface area is 103 Å². The predicted octanol–water partition coefficient (Wildman–Crippen LogP) is 3.76. The van der Waals surface area contributed by atoms with Crippen molar-refractivity contribution in [2.75, 3.05) is 13.1 Å². The van der Waals surface area contributed by atoms with Crippen molar-refractivity contribution in [3.63, 3.8) is 0 Å². The highest BCUT2D eigenvalue weighted by Crippen LogP contribution is 2.35. The summed E-state index contributed by atoms with van der Waals surface area (Å²) in [6.07, 6.45) is 5.24. The third kappa shape index (κ3) is 2.41. The van der Waals surface area contributed by atoms with Crippen LogP contribution in [0.2, 0.25) is 5.02 Å². The highest BCUT2D eigenvalue weighted by Gasteiger charge is 2.37. The molecule has 0 saturated carbocycles. The summed E-state index contributed by atoms with van der Waals surface area (Å²) >= 11 is 6.07. The van der Waals surface area contributed by atoms with Crippen molar-refractivity contribution in [3.8, 4) is 0 Å². The zero-order chi connectivity index (χ0) is 11.4. The van der Waals surface area contributed by atoms with Gasteiger partial charge in [-0.1, -0.05) is 49.9 Å². The molecule has 0 radical (unpaired) electrons. The largest absolute Gasteiger partial charge is 0.315 e. The molecule has 1 N–H and O–H groups in total. The molecule has 0 spiro atoms. The van der Waals surface area contributed by atoms with E-state index in [0.717, 1.165) is 18.1 Å². The zero-order valence-electron chi connectivity index (χ0n) is 9.93. The van der Waals surface area contributed by atoms with Crippen LogP contribution in [0, 0.1) is 0 Å². The second-order valence-electron chi connectivity index (χ2n) is 4.85. The van der Waals surface area contributed by atoms with Crippen LogP contribution in [-0.4, -0.2) is 13.1 Å². The molecule has 2 heteroatoms. The van der Waals surface area contributed by atoms with E-state index in [1.54, 1.807) is 0 Å². The average Bonchev–Trinajstić information content (AvgIpc) is 2.22. The summed E-state index contributed by atoms with van der Waals surface area (Å²) in [6, 6.07) is 8.38. The summed E-state index contributed by atoms with van der Waals surface area (Å²) < 4.78 is 0. The maximum atomic E-state index is 6.07. The highest BCUT2D eigenvalue weighted by atomic mass is 35.5. The van der Waals surface area contributed by atoms with Crippen LogP contribution in [0.3, 0.4) is 0 Å². The third-order valence-electron chi connectivity index (χ3n) is 3.62. The van der Waals surface area contributed by atoms with Gasteiger partial charge < -0.3 is 5.32 Å². The van der Waals surface area contributed by atoms with Crippen LogP contribution < -0.4 is 5.32 Å². The summed E-state index contributed by atoms with van der Waals surface area (Å²) in [5.74, 6) is 0. The van der Waals surface area contributed by atoms with Gasteiger partial charge in [-0.2, -0.15) is 0 Å². The van der Waals surface area contributed by atoms with Crippen molar-refractivity contribution < 1.29 is 0 Å². The Balaban J connectivity index is 2.08. The summed E-state index contributed by atoms with van der Waals surface area (Å²) in [6.45, 7) is 4.47. The molecule has 0 aliphatic carbocycles. The Morgan fingerprint density at radius 1 is 1.31 bits per heavy atom. The first-order chi connectivity index (χ1) is 7.77. The van der Waals surface area contributed by atoms with Crippen LogP contribution in [-0.2, 0) is 5.41 Å². The van der Waals surface area contributed by atoms with E-state index in [4.69, 9.17) is 11.6 Å². The molecule has 1 nitrogen and oxygen atoms in total. The monoisotopic (exact) mass is 237 g/mol. The molecule has 1 aliphatic heterocycles. The number of hydrogen-bond donors (Lipinski definition) is 1. The van der Waals surface area contributed by atoms with Crippen molar-refractivity contribution in [2.45, 2.75) is 38.0 Å². The minimum atomic E-state index is 0.361. The standard InChI is InChI=1S/C14H20ClN/c1-2-3-4-8-14(10-16-11-14)12-6-5-7-13(15)9-12/h5-7,9,16H,2-4,8,10-11H2,1H3. The second-order valence-corrected chi connectivity index (χ2v) is 5.29. The van der Waals surface area contributed by atoms with E-state index in [1.807, 2.05) is 6.07 Å². The van der Waals surface area contributed by atoms with Gasteiger partial charge in [0.05, 0.1) is 0 Å². The first kappa shape index (κ1) is 11.9. The first-order valence-corrected chi connectivity index (χ1v) is 6.61. The number of unbranched alkanes of at least 4 members (excludes halogenated alkanes) is 2. The molecule has 1 aromatic rings. The van der Waals surface area contributed by atoms with E-state index >= 15 is 0 Å². The number of rotatable bonds is 5. The quantitative estimate of drug-likeness (QED) is 0.769. The molecule has 1 aromatic carbocycles. The van der Waals surface area contributed by atoms with Gasteiger partial charge in [0.1, 0.15) is 0 Å². The second kappa shape index (κ2) is 5.20. The fourth-order valence-electron chi connectivity index (χ4n) is 2.48. The molecule has 1 saturated heterocycles. The summed E-state index contributed by atoms with van der Waals surface area (Å²) in [7, 11) is 0. The predicted molar refractivity (Wildman–Crippen MR) is 70.1 cm³/mol. The molecular formula is C14H20ClN. The molecule has 1 aliphatic rings. The summed E-state index contributed by atoms with van der Waals surface area (Å²) in [5.41, 5.74) is 1.77. The molecule has 0 atom stereocenters. The first-order valence-electron chi connectivity index (χ1n) is 6.24. The number of nitrogens with one attached hydrogen (secondary N) is 1. The average molecular weight is 238 g/mol. The maximum absolute atomic E-state index is 6.07. The fourth-order valence-corrected chi connectivity index (χ4v) is 2.67. The molecule has 16 heavy (non-hydrogen) atoms. The van der Waals surface area contributed by atoms with Gasteiger partial charge in [0, 0.05) is 23.5 Å². The van der Waals surface area contributed by atoms with E-state index in [9.17, 15) is 0 Å². The Hall–Kier alpha value is -0.530. The molecule has 1 heterocycles. The van der Waals surface area contributed by atoms with Crippen LogP contribution >= 0.6 is 11.6 Å². The smallest absolute Gasteiger partial charge is 0.0408 e. The molecule has 0 amide bonds. The Kier molecular flexibility index (Phi) is 3.88. The van der Waals surface area contributed by atoms with Gasteiger partial charge in [-0.05, 0) is 24.1 Å². The van der Waals surface area contributed by atoms with Crippen LogP contribution in [0.5, 0.6) is 0 Å². The Bertz CT molecular complexity index is 344. The lowest BCUT2D eigenvalue weighted by atomic mass is 9.71. The lowest BCUT2D eigenvalue weighted by molar-refractivity contribution is 0.250. The van der Waals surface area contributed by atoms with E-state index in [1.165, 1.54) is 31.2 Å². The van der Waals surface area contributed by atoms with E-state index < -0.39 is 0 Å².